The molecule has 2 aromatic carbocycles. The average molecular weight is 397 g/mol. The number of anilines is 1. The number of nitrogens with zero attached hydrogens (tertiary/aromatic N) is 3. The van der Waals surface area contributed by atoms with E-state index in [1.807, 2.05) is 18.2 Å². The molecule has 2 aliphatic heterocycles. The topological polar surface area (TPSA) is 84.3 Å². The molecular formula is C22H27N3O4. The van der Waals surface area contributed by atoms with E-state index >= 15 is 0 Å². The highest BCUT2D eigenvalue weighted by atomic mass is 16.3. The number of piperazine rings is 1. The molecule has 0 unspecified atom stereocenters. The zero-order chi connectivity index (χ0) is 20.4. The summed E-state index contributed by atoms with van der Waals surface area (Å²) in [4.78, 5) is 30.2. The molecule has 0 bridgehead atoms. The van der Waals surface area contributed by atoms with Gasteiger partial charge in [-0.25, -0.2) is 0 Å². The van der Waals surface area contributed by atoms with Gasteiger partial charge in [-0.1, -0.05) is 36.4 Å². The maximum atomic E-state index is 12.6. The second kappa shape index (κ2) is 8.39. The largest absolute Gasteiger partial charge is 0.380 e. The summed E-state index contributed by atoms with van der Waals surface area (Å²) in [6, 6.07) is 14.4. The Hall–Kier alpha value is -2.64. The summed E-state index contributed by atoms with van der Waals surface area (Å²) >= 11 is 0. The number of aliphatic hydroxyl groups excluding tert-OH is 2. The van der Waals surface area contributed by atoms with Gasteiger partial charge >= 0.3 is 0 Å². The van der Waals surface area contributed by atoms with Crippen molar-refractivity contribution in [3.63, 3.8) is 0 Å². The molecule has 2 aromatic rings. The summed E-state index contributed by atoms with van der Waals surface area (Å²) < 4.78 is 0. The number of fused-ring (bicyclic) bond motifs is 1. The van der Waals surface area contributed by atoms with Gasteiger partial charge in [0.15, 0.2) is 12.2 Å². The monoisotopic (exact) mass is 397 g/mol. The van der Waals surface area contributed by atoms with Crippen molar-refractivity contribution in [3.8, 4) is 0 Å². The van der Waals surface area contributed by atoms with Crippen LogP contribution < -0.4 is 4.90 Å². The predicted octanol–water partition coefficient (Wildman–Crippen LogP) is 0.833. The standard InChI is InChI=1S/C22H27N3O4/c26-19(21(28)24-10-3-4-11-24)20(27)22(29)25-14-12-23(13-15-25)18-9-5-7-16-6-1-2-8-17(16)18/h1-2,5-9,19-20,26-27H,3-4,10-15H2/t19-,20-/m1/s1. The van der Waals surface area contributed by atoms with Gasteiger partial charge in [-0.15, -0.1) is 0 Å². The fourth-order valence-electron chi connectivity index (χ4n) is 4.23. The minimum Gasteiger partial charge on any atom is -0.380 e. The molecule has 2 amide bonds. The molecule has 154 valence electrons. The Morgan fingerprint density at radius 2 is 1.28 bits per heavy atom. The molecule has 4 rings (SSSR count). The van der Waals surface area contributed by atoms with Crippen LogP contribution in [0, 0.1) is 0 Å². The molecule has 0 saturated carbocycles. The van der Waals surface area contributed by atoms with E-state index in [-0.39, 0.29) is 0 Å². The number of likely N-dealkylation sites (tertiary alicyclic amines) is 1. The number of amides is 2. The molecule has 0 aliphatic carbocycles. The summed E-state index contributed by atoms with van der Waals surface area (Å²) in [6.07, 6.45) is -1.64. The minimum atomic E-state index is -1.72. The maximum Gasteiger partial charge on any atom is 0.254 e. The van der Waals surface area contributed by atoms with Gasteiger partial charge < -0.3 is 24.9 Å². The Bertz CT molecular complexity index is 883. The average Bonchev–Trinajstić information content (AvgIpc) is 3.32. The third kappa shape index (κ3) is 3.93. The van der Waals surface area contributed by atoms with Gasteiger partial charge in [0.05, 0.1) is 0 Å². The van der Waals surface area contributed by atoms with Crippen LogP contribution >= 0.6 is 0 Å². The molecule has 29 heavy (non-hydrogen) atoms. The van der Waals surface area contributed by atoms with Crippen LogP contribution in [0.25, 0.3) is 10.8 Å². The molecular weight excluding hydrogens is 370 g/mol. The van der Waals surface area contributed by atoms with Crippen LogP contribution in [-0.4, -0.2) is 83.3 Å². The number of rotatable bonds is 4. The van der Waals surface area contributed by atoms with Crippen LogP contribution in [0.2, 0.25) is 0 Å². The van der Waals surface area contributed by atoms with E-state index in [9.17, 15) is 19.8 Å². The predicted molar refractivity (Wildman–Crippen MR) is 111 cm³/mol. The third-order valence-corrected chi connectivity index (χ3v) is 5.92. The lowest BCUT2D eigenvalue weighted by Crippen LogP contribution is -2.56. The molecule has 2 heterocycles. The van der Waals surface area contributed by atoms with Gasteiger partial charge in [0, 0.05) is 50.3 Å². The van der Waals surface area contributed by atoms with Crippen LogP contribution in [0.5, 0.6) is 0 Å². The smallest absolute Gasteiger partial charge is 0.254 e. The molecule has 2 saturated heterocycles. The summed E-state index contributed by atoms with van der Waals surface area (Å²) in [5.41, 5.74) is 1.12. The van der Waals surface area contributed by atoms with E-state index in [0.717, 1.165) is 18.5 Å². The van der Waals surface area contributed by atoms with E-state index in [1.54, 1.807) is 0 Å². The lowest BCUT2D eigenvalue weighted by molar-refractivity contribution is -0.157. The van der Waals surface area contributed by atoms with Gasteiger partial charge in [-0.3, -0.25) is 9.59 Å². The van der Waals surface area contributed by atoms with E-state index in [1.165, 1.54) is 20.6 Å². The van der Waals surface area contributed by atoms with Crippen molar-refractivity contribution in [2.24, 2.45) is 0 Å². The highest BCUT2D eigenvalue weighted by Crippen LogP contribution is 2.27. The fraction of sp³-hybridized carbons (Fsp3) is 0.455. The molecule has 2 N–H and O–H groups in total. The van der Waals surface area contributed by atoms with Crippen molar-refractivity contribution < 1.29 is 19.8 Å². The Morgan fingerprint density at radius 3 is 1.93 bits per heavy atom. The molecule has 7 heteroatoms. The second-order valence-corrected chi connectivity index (χ2v) is 7.73. The van der Waals surface area contributed by atoms with E-state index in [4.69, 9.17) is 0 Å². The van der Waals surface area contributed by atoms with Crippen LogP contribution in [0.3, 0.4) is 0 Å². The first-order chi connectivity index (χ1) is 14.1. The Labute approximate surface area is 170 Å². The third-order valence-electron chi connectivity index (χ3n) is 5.92. The van der Waals surface area contributed by atoms with Crippen LogP contribution in [0.15, 0.2) is 42.5 Å². The number of aliphatic hydroxyl groups is 2. The second-order valence-electron chi connectivity index (χ2n) is 7.73. The Kier molecular flexibility index (Phi) is 5.69. The molecule has 2 fully saturated rings. The van der Waals surface area contributed by atoms with Crippen molar-refractivity contribution >= 4 is 28.3 Å². The number of carbonyl (C=O) groups excluding carboxylic acids is 2. The van der Waals surface area contributed by atoms with Crippen molar-refractivity contribution in [2.45, 2.75) is 25.0 Å². The van der Waals surface area contributed by atoms with Crippen LogP contribution in [-0.2, 0) is 9.59 Å². The summed E-state index contributed by atoms with van der Waals surface area (Å²) in [5, 5.41) is 22.8. The number of carbonyl (C=O) groups is 2. The molecule has 0 spiro atoms. The highest BCUT2D eigenvalue weighted by Gasteiger charge is 2.37. The highest BCUT2D eigenvalue weighted by molar-refractivity contribution is 5.94. The van der Waals surface area contributed by atoms with Crippen molar-refractivity contribution in [1.82, 2.24) is 9.80 Å². The number of hydrogen-bond donors (Lipinski definition) is 2. The minimum absolute atomic E-state index is 0.434. The molecule has 2 atom stereocenters. The number of hydrogen-bond acceptors (Lipinski definition) is 5. The van der Waals surface area contributed by atoms with Crippen molar-refractivity contribution in [2.75, 3.05) is 44.2 Å². The van der Waals surface area contributed by atoms with Crippen molar-refractivity contribution in [3.05, 3.63) is 42.5 Å². The van der Waals surface area contributed by atoms with Gasteiger partial charge in [-0.05, 0) is 24.3 Å². The summed E-state index contributed by atoms with van der Waals surface area (Å²) in [5.74, 6) is -1.14. The van der Waals surface area contributed by atoms with Crippen LogP contribution in [0.4, 0.5) is 5.69 Å². The summed E-state index contributed by atoms with van der Waals surface area (Å²) in [7, 11) is 0. The van der Waals surface area contributed by atoms with Gasteiger partial charge in [0.2, 0.25) is 0 Å². The molecule has 7 nitrogen and oxygen atoms in total. The van der Waals surface area contributed by atoms with E-state index < -0.39 is 24.0 Å². The van der Waals surface area contributed by atoms with Gasteiger partial charge in [-0.2, -0.15) is 0 Å². The maximum absolute atomic E-state index is 12.6. The summed E-state index contributed by atoms with van der Waals surface area (Å²) in [6.45, 7) is 3.26. The molecule has 0 aromatic heterocycles. The lowest BCUT2D eigenvalue weighted by atomic mass is 10.1. The Balaban J connectivity index is 1.38. The Morgan fingerprint density at radius 1 is 0.724 bits per heavy atom. The van der Waals surface area contributed by atoms with Gasteiger partial charge in [0.25, 0.3) is 11.8 Å². The van der Waals surface area contributed by atoms with Crippen molar-refractivity contribution in [1.29, 1.82) is 0 Å². The first kappa shape index (κ1) is 19.7. The zero-order valence-corrected chi connectivity index (χ0v) is 16.4. The molecule has 0 radical (unpaired) electrons. The van der Waals surface area contributed by atoms with E-state index in [0.29, 0.717) is 39.3 Å². The quantitative estimate of drug-likeness (QED) is 0.799. The SMILES string of the molecule is O=C([C@H](O)[C@@H](O)C(=O)N1CCN(c2cccc3ccccc23)CC1)N1CCCC1. The zero-order valence-electron chi connectivity index (χ0n) is 16.4. The lowest BCUT2D eigenvalue weighted by Gasteiger charge is -2.38. The van der Waals surface area contributed by atoms with Gasteiger partial charge in [0.1, 0.15) is 0 Å². The first-order valence-corrected chi connectivity index (χ1v) is 10.2. The number of benzene rings is 2. The van der Waals surface area contributed by atoms with Crippen LogP contribution in [0.1, 0.15) is 12.8 Å². The first-order valence-electron chi connectivity index (χ1n) is 10.2. The fourth-order valence-corrected chi connectivity index (χ4v) is 4.23. The normalized spacial score (nSPS) is 19.4. The van der Waals surface area contributed by atoms with E-state index in [2.05, 4.69) is 29.2 Å². The molecule has 2 aliphatic rings.